The van der Waals surface area contributed by atoms with Gasteiger partial charge in [0.2, 0.25) is 0 Å². The molecular weight excluding hydrogens is 930 g/mol. The van der Waals surface area contributed by atoms with Gasteiger partial charge >= 0.3 is 21.1 Å². The van der Waals surface area contributed by atoms with Crippen LogP contribution in [0, 0.1) is 6.07 Å². The molecule has 0 unspecified atom stereocenters. The Balaban J connectivity index is 0.00000399. The third kappa shape index (κ3) is 5.32. The van der Waals surface area contributed by atoms with Crippen LogP contribution in [-0.2, 0) is 21.1 Å². The molecule has 0 N–H and O–H groups in total. The largest absolute Gasteiger partial charge is 2.00 e. The van der Waals surface area contributed by atoms with Crippen LogP contribution in [0.15, 0.2) is 193 Å². The van der Waals surface area contributed by atoms with E-state index in [0.717, 1.165) is 116 Å². The van der Waals surface area contributed by atoms with Crippen molar-refractivity contribution in [3.8, 4) is 45.1 Å². The van der Waals surface area contributed by atoms with Crippen LogP contribution in [0.4, 0.5) is 0 Å². The van der Waals surface area contributed by atoms with Crippen molar-refractivity contribution in [3.63, 3.8) is 0 Å². The minimum Gasteiger partial charge on any atom is -0.656 e. The van der Waals surface area contributed by atoms with Crippen LogP contribution in [0.25, 0.3) is 122 Å². The standard InChI is InChI=1S/C54H31N5O.Pt/c1-3-14-33(15-4-1)34-25-27-38-39-28-26-35(31-47(39)59(46(38)30-34)49-24-11-12-29-55-49)37-20-13-22-45-51(37)57-54(58(45)36-16-5-2-6-17-36)43-32-42-40-18-8-10-23-48(40)60-53(42)50-41-19-7-9-21-44(41)56-52(43)50;/h1-30,32H;/q-2;+2. The Morgan fingerprint density at radius 2 is 1.31 bits per heavy atom. The quantitative estimate of drug-likeness (QED) is 0.161. The normalized spacial score (nSPS) is 11.8. The number of pyridine rings is 1. The summed E-state index contributed by atoms with van der Waals surface area (Å²) in [6, 6.07) is 67.3. The molecule has 0 aliphatic rings. The third-order valence-electron chi connectivity index (χ3n) is 11.9. The number of hydrogen-bond donors (Lipinski definition) is 0. The monoisotopic (exact) mass is 960 g/mol. The maximum Gasteiger partial charge on any atom is 2.00 e. The Hall–Kier alpha value is -7.53. The van der Waals surface area contributed by atoms with Crippen LogP contribution in [-0.4, -0.2) is 19.1 Å². The van der Waals surface area contributed by atoms with Crippen LogP contribution < -0.4 is 4.98 Å². The average molecular weight is 961 g/mol. The van der Waals surface area contributed by atoms with Crippen molar-refractivity contribution >= 4 is 76.6 Å². The smallest absolute Gasteiger partial charge is 0.656 e. The molecule has 0 bridgehead atoms. The van der Waals surface area contributed by atoms with Gasteiger partial charge in [0, 0.05) is 39.1 Å². The molecule has 0 aliphatic heterocycles. The molecule has 13 rings (SSSR count). The third-order valence-corrected chi connectivity index (χ3v) is 11.9. The van der Waals surface area contributed by atoms with Gasteiger partial charge in [-0.2, -0.15) is 0 Å². The fourth-order valence-electron chi connectivity index (χ4n) is 9.26. The van der Waals surface area contributed by atoms with Crippen LogP contribution in [0.3, 0.4) is 0 Å². The summed E-state index contributed by atoms with van der Waals surface area (Å²) < 4.78 is 11.1. The minimum absolute atomic E-state index is 0. The summed E-state index contributed by atoms with van der Waals surface area (Å²) in [4.78, 5) is 15.8. The van der Waals surface area contributed by atoms with Gasteiger partial charge in [0.25, 0.3) is 0 Å². The van der Waals surface area contributed by atoms with E-state index in [9.17, 15) is 0 Å². The number of hydrogen-bond acceptors (Lipinski definition) is 3. The molecule has 0 radical (unpaired) electrons. The molecule has 7 heteroatoms. The van der Waals surface area contributed by atoms with Crippen molar-refractivity contribution < 1.29 is 25.5 Å². The number of para-hydroxylation sites is 4. The first-order valence-corrected chi connectivity index (χ1v) is 20.1. The number of aromatic nitrogens is 5. The summed E-state index contributed by atoms with van der Waals surface area (Å²) >= 11 is 0. The molecule has 0 atom stereocenters. The summed E-state index contributed by atoms with van der Waals surface area (Å²) in [7, 11) is 0. The van der Waals surface area contributed by atoms with Crippen molar-refractivity contribution in [1.82, 2.24) is 24.1 Å². The van der Waals surface area contributed by atoms with E-state index < -0.39 is 0 Å². The van der Waals surface area contributed by atoms with E-state index in [1.807, 2.05) is 36.5 Å². The summed E-state index contributed by atoms with van der Waals surface area (Å²) in [6.45, 7) is 0. The fourth-order valence-corrected chi connectivity index (χ4v) is 9.26. The van der Waals surface area contributed by atoms with Gasteiger partial charge in [-0.15, -0.1) is 34.8 Å². The molecule has 5 heterocycles. The first-order chi connectivity index (χ1) is 29.8. The van der Waals surface area contributed by atoms with E-state index in [2.05, 4.69) is 167 Å². The van der Waals surface area contributed by atoms with Crippen molar-refractivity contribution in [2.45, 2.75) is 0 Å². The number of imidazole rings is 1. The zero-order chi connectivity index (χ0) is 39.3. The molecule has 8 aromatic carbocycles. The van der Waals surface area contributed by atoms with Gasteiger partial charge in [0.05, 0.1) is 11.0 Å². The summed E-state index contributed by atoms with van der Waals surface area (Å²) in [5.41, 5.74) is 13.6. The Labute approximate surface area is 363 Å². The topological polar surface area (TPSA) is 62.9 Å². The van der Waals surface area contributed by atoms with E-state index in [4.69, 9.17) is 19.4 Å². The molecule has 0 saturated heterocycles. The van der Waals surface area contributed by atoms with Crippen molar-refractivity contribution in [2.24, 2.45) is 0 Å². The van der Waals surface area contributed by atoms with Crippen molar-refractivity contribution in [2.75, 3.05) is 0 Å². The van der Waals surface area contributed by atoms with Crippen molar-refractivity contribution in [1.29, 1.82) is 0 Å². The van der Waals surface area contributed by atoms with Crippen LogP contribution >= 0.6 is 0 Å². The molecule has 13 aromatic rings. The van der Waals surface area contributed by atoms with E-state index in [0.29, 0.717) is 0 Å². The number of furan rings is 1. The second-order valence-electron chi connectivity index (χ2n) is 15.3. The van der Waals surface area contributed by atoms with Gasteiger partial charge in [-0.3, -0.25) is 4.57 Å². The summed E-state index contributed by atoms with van der Waals surface area (Å²) in [5, 5.41) is 6.41. The SMILES string of the molecule is [Pt+2].[c-]1c(-c2cccc3c2nc(-c2cc4c5ccccc5oc4c4c2[n-]c2ccccc24)n3-c2ccccc2)ccc2c3ccc(-c4ccccc4)cc3n(-c3ccccn3)c12. The van der Waals surface area contributed by atoms with E-state index in [1.165, 1.54) is 5.56 Å². The molecule has 0 fully saturated rings. The second-order valence-corrected chi connectivity index (χ2v) is 15.3. The Bertz CT molecular complexity index is 3820. The molecular formula is C54H31N5OPt. The minimum atomic E-state index is 0. The first-order valence-electron chi connectivity index (χ1n) is 20.1. The van der Waals surface area contributed by atoms with Gasteiger partial charge in [-0.05, 0) is 75.9 Å². The van der Waals surface area contributed by atoms with Gasteiger partial charge in [-0.1, -0.05) is 132 Å². The summed E-state index contributed by atoms with van der Waals surface area (Å²) in [6.07, 6.45) is 1.85. The Morgan fingerprint density at radius 1 is 0.541 bits per heavy atom. The van der Waals surface area contributed by atoms with Gasteiger partial charge in [-0.25, -0.2) is 9.97 Å². The van der Waals surface area contributed by atoms with Crippen LogP contribution in [0.2, 0.25) is 0 Å². The van der Waals surface area contributed by atoms with Gasteiger partial charge < -0.3 is 14.0 Å². The Morgan fingerprint density at radius 3 is 2.16 bits per heavy atom. The molecule has 0 aliphatic carbocycles. The predicted molar refractivity (Wildman–Crippen MR) is 244 cm³/mol. The molecule has 61 heavy (non-hydrogen) atoms. The zero-order valence-corrected chi connectivity index (χ0v) is 34.6. The van der Waals surface area contributed by atoms with E-state index in [-0.39, 0.29) is 21.1 Å². The van der Waals surface area contributed by atoms with E-state index in [1.54, 1.807) is 0 Å². The second kappa shape index (κ2) is 13.8. The van der Waals surface area contributed by atoms with Crippen LogP contribution in [0.1, 0.15) is 0 Å². The maximum atomic E-state index is 6.62. The summed E-state index contributed by atoms with van der Waals surface area (Å²) in [5.74, 6) is 1.64. The molecule has 6 nitrogen and oxygen atoms in total. The molecule has 0 saturated carbocycles. The van der Waals surface area contributed by atoms with Gasteiger partial charge in [0.1, 0.15) is 22.8 Å². The Kier molecular flexibility index (Phi) is 7.99. The maximum absolute atomic E-state index is 6.62. The average Bonchev–Trinajstić information content (AvgIpc) is 4.08. The number of rotatable bonds is 5. The molecule has 0 amide bonds. The van der Waals surface area contributed by atoms with E-state index >= 15 is 0 Å². The molecule has 5 aromatic heterocycles. The van der Waals surface area contributed by atoms with Crippen LogP contribution in [0.5, 0.6) is 0 Å². The number of fused-ring (bicyclic) bond motifs is 11. The molecule has 288 valence electrons. The van der Waals surface area contributed by atoms with Gasteiger partial charge in [0.15, 0.2) is 0 Å². The van der Waals surface area contributed by atoms with Crippen molar-refractivity contribution in [3.05, 3.63) is 194 Å². The number of benzene rings is 8. The first kappa shape index (κ1) is 35.4. The molecule has 0 spiro atoms. The fraction of sp³-hybridized carbons (Fsp3) is 0. The number of nitrogens with zero attached hydrogens (tertiary/aromatic N) is 5. The predicted octanol–water partition coefficient (Wildman–Crippen LogP) is 13.5. The zero-order valence-electron chi connectivity index (χ0n) is 32.4.